The van der Waals surface area contributed by atoms with Gasteiger partial charge in [0.05, 0.1) is 12.1 Å². The number of urea groups is 1. The number of rotatable bonds is 8. The molecule has 1 saturated carbocycles. The molecule has 0 spiro atoms. The Balaban J connectivity index is 1.30. The number of likely N-dealkylation sites (tertiary alicyclic amines) is 2. The number of barbiturate groups is 1. The van der Waals surface area contributed by atoms with Crippen LogP contribution in [0.2, 0.25) is 0 Å². The molecule has 0 aromatic heterocycles. The van der Waals surface area contributed by atoms with Crippen molar-refractivity contribution in [1.82, 2.24) is 19.6 Å². The van der Waals surface area contributed by atoms with Crippen LogP contribution >= 0.6 is 0 Å². The Kier molecular flexibility index (Phi) is 9.69. The van der Waals surface area contributed by atoms with Gasteiger partial charge in [0.15, 0.2) is 0 Å². The quantitative estimate of drug-likeness (QED) is 0.184. The standard InChI is InChI=1S/C48H54N4O3/c1-8-9-28-49-46(53)45(47(54)52(31(6)7)48(49)55)42-34(24-26-38-36-18-10-14-32-16-12-20-40(43(32)36)50(38)29(2)3)22-23-35(42)25-27-39-37-19-11-15-33-17-13-21-41(44(33)37)51(39)30(4)5/h10-21,24-27,29-31,40-41,43-44H,8-9,22-23,28H2,1-7H3/b34-24-,35-25+,38-26+,39-27+,45-42?. The van der Waals surface area contributed by atoms with Crippen LogP contribution in [-0.2, 0) is 9.59 Å². The van der Waals surface area contributed by atoms with Crippen LogP contribution in [0.15, 0.2) is 153 Å². The molecule has 0 bridgehead atoms. The maximum atomic E-state index is 14.6. The molecule has 5 aliphatic carbocycles. The molecule has 55 heavy (non-hydrogen) atoms. The van der Waals surface area contributed by atoms with Crippen molar-refractivity contribution < 1.29 is 14.4 Å². The molecule has 3 heterocycles. The summed E-state index contributed by atoms with van der Waals surface area (Å²) in [5, 5.41) is 0. The molecule has 4 atom stereocenters. The highest BCUT2D eigenvalue weighted by Crippen LogP contribution is 2.50. The van der Waals surface area contributed by atoms with Crippen LogP contribution in [0.4, 0.5) is 4.79 Å². The molecule has 3 aliphatic heterocycles. The molecular formula is C48H54N4O3. The first-order valence-electron chi connectivity index (χ1n) is 20.4. The molecule has 0 radical (unpaired) electrons. The van der Waals surface area contributed by atoms with Gasteiger partial charge >= 0.3 is 6.03 Å². The number of unbranched alkanes of at least 4 members (excludes halogenated alkanes) is 1. The minimum atomic E-state index is -0.522. The molecule has 0 aromatic rings. The molecule has 7 heteroatoms. The monoisotopic (exact) mass is 734 g/mol. The second-order valence-corrected chi connectivity index (χ2v) is 16.6. The molecule has 4 unspecified atom stereocenters. The third kappa shape index (κ3) is 5.98. The zero-order chi connectivity index (χ0) is 38.7. The summed E-state index contributed by atoms with van der Waals surface area (Å²) in [5.41, 5.74) is 10.3. The third-order valence-corrected chi connectivity index (χ3v) is 12.3. The van der Waals surface area contributed by atoms with Crippen molar-refractivity contribution in [3.63, 3.8) is 0 Å². The van der Waals surface area contributed by atoms with Crippen LogP contribution in [-0.4, -0.2) is 74.2 Å². The summed E-state index contributed by atoms with van der Waals surface area (Å²) in [6.45, 7) is 15.0. The van der Waals surface area contributed by atoms with E-state index in [1.54, 1.807) is 0 Å². The highest BCUT2D eigenvalue weighted by Gasteiger charge is 2.47. The molecule has 4 fully saturated rings. The first-order valence-corrected chi connectivity index (χ1v) is 20.4. The minimum Gasteiger partial charge on any atom is -0.361 e. The van der Waals surface area contributed by atoms with Crippen LogP contribution in [0.1, 0.15) is 74.1 Å². The van der Waals surface area contributed by atoms with Gasteiger partial charge in [0.2, 0.25) is 0 Å². The van der Waals surface area contributed by atoms with Gasteiger partial charge in [-0.1, -0.05) is 98.4 Å². The highest BCUT2D eigenvalue weighted by atomic mass is 16.2. The Labute approximate surface area is 326 Å². The first kappa shape index (κ1) is 36.8. The van der Waals surface area contributed by atoms with Crippen LogP contribution in [0, 0.1) is 11.8 Å². The van der Waals surface area contributed by atoms with Crippen molar-refractivity contribution in [3.8, 4) is 0 Å². The number of nitrogens with zero attached hydrogens (tertiary/aromatic N) is 4. The average molecular weight is 735 g/mol. The third-order valence-electron chi connectivity index (χ3n) is 12.3. The van der Waals surface area contributed by atoms with E-state index in [-0.39, 0.29) is 48.1 Å². The largest absolute Gasteiger partial charge is 0.361 e. The lowest BCUT2D eigenvalue weighted by atomic mass is 9.81. The van der Waals surface area contributed by atoms with Crippen LogP contribution in [0.5, 0.6) is 0 Å². The van der Waals surface area contributed by atoms with E-state index in [4.69, 9.17) is 0 Å². The van der Waals surface area contributed by atoms with Gasteiger partial charge in [-0.15, -0.1) is 0 Å². The summed E-state index contributed by atoms with van der Waals surface area (Å²) in [7, 11) is 0. The fourth-order valence-corrected chi connectivity index (χ4v) is 9.96. The Bertz CT molecular complexity index is 2020. The van der Waals surface area contributed by atoms with Crippen LogP contribution in [0.25, 0.3) is 0 Å². The Morgan fingerprint density at radius 3 is 1.60 bits per heavy atom. The van der Waals surface area contributed by atoms with Gasteiger partial charge in [-0.3, -0.25) is 19.4 Å². The second-order valence-electron chi connectivity index (χ2n) is 16.6. The average Bonchev–Trinajstić information content (AvgIpc) is 3.81. The number of imide groups is 2. The predicted octanol–water partition coefficient (Wildman–Crippen LogP) is 9.10. The van der Waals surface area contributed by atoms with E-state index in [1.165, 1.54) is 43.5 Å². The van der Waals surface area contributed by atoms with E-state index in [1.807, 2.05) is 20.8 Å². The summed E-state index contributed by atoms with van der Waals surface area (Å²) in [4.78, 5) is 50.5. The predicted molar refractivity (Wildman–Crippen MR) is 220 cm³/mol. The molecule has 8 aliphatic rings. The fourth-order valence-electron chi connectivity index (χ4n) is 9.96. The second kappa shape index (κ2) is 14.5. The van der Waals surface area contributed by atoms with Crippen molar-refractivity contribution >= 4 is 17.8 Å². The number of carbonyl (C=O) groups is 3. The van der Waals surface area contributed by atoms with Crippen LogP contribution < -0.4 is 0 Å². The summed E-state index contributed by atoms with van der Waals surface area (Å²) in [5.74, 6) is -0.435. The highest BCUT2D eigenvalue weighted by molar-refractivity contribution is 6.30. The van der Waals surface area contributed by atoms with Gasteiger partial charge < -0.3 is 9.80 Å². The van der Waals surface area contributed by atoms with E-state index in [0.717, 1.165) is 17.6 Å². The summed E-state index contributed by atoms with van der Waals surface area (Å²) < 4.78 is 0. The van der Waals surface area contributed by atoms with Gasteiger partial charge in [0, 0.05) is 47.9 Å². The van der Waals surface area contributed by atoms with E-state index in [9.17, 15) is 14.4 Å². The summed E-state index contributed by atoms with van der Waals surface area (Å²) in [6, 6.07) is 0.0756. The molecule has 7 nitrogen and oxygen atoms in total. The Morgan fingerprint density at radius 1 is 0.636 bits per heavy atom. The normalized spacial score (nSPS) is 31.1. The minimum absolute atomic E-state index is 0.110. The Morgan fingerprint density at radius 2 is 1.15 bits per heavy atom. The van der Waals surface area contributed by atoms with Crippen molar-refractivity contribution in [2.24, 2.45) is 11.8 Å². The molecule has 4 amide bonds. The fraction of sp³-hybridized carbons (Fsp3) is 0.396. The van der Waals surface area contributed by atoms with E-state index >= 15 is 0 Å². The Hall–Kier alpha value is -5.17. The smallest absolute Gasteiger partial charge is 0.334 e. The number of allylic oxidation sites excluding steroid dienone is 19. The lowest BCUT2D eigenvalue weighted by Crippen LogP contribution is -2.58. The molecule has 284 valence electrons. The molecular weight excluding hydrogens is 681 g/mol. The van der Waals surface area contributed by atoms with Crippen molar-refractivity contribution in [3.05, 3.63) is 153 Å². The number of amides is 4. The lowest BCUT2D eigenvalue weighted by Gasteiger charge is -2.37. The van der Waals surface area contributed by atoms with Crippen LogP contribution in [0.3, 0.4) is 0 Å². The van der Waals surface area contributed by atoms with Gasteiger partial charge in [-0.2, -0.15) is 0 Å². The maximum absolute atomic E-state index is 14.6. The van der Waals surface area contributed by atoms with Crippen molar-refractivity contribution in [2.45, 2.75) is 104 Å². The zero-order valence-electron chi connectivity index (χ0n) is 33.3. The summed E-state index contributed by atoms with van der Waals surface area (Å²) >= 11 is 0. The van der Waals surface area contributed by atoms with Gasteiger partial charge in [0.1, 0.15) is 5.57 Å². The molecule has 0 aromatic carbocycles. The van der Waals surface area contributed by atoms with Gasteiger partial charge in [-0.25, -0.2) is 4.79 Å². The van der Waals surface area contributed by atoms with Crippen molar-refractivity contribution in [1.29, 1.82) is 0 Å². The van der Waals surface area contributed by atoms with E-state index in [2.05, 4.69) is 135 Å². The molecule has 3 saturated heterocycles. The summed E-state index contributed by atoms with van der Waals surface area (Å²) in [6.07, 6.45) is 38.2. The van der Waals surface area contributed by atoms with E-state index in [0.29, 0.717) is 24.8 Å². The van der Waals surface area contributed by atoms with Gasteiger partial charge in [0.25, 0.3) is 11.8 Å². The lowest BCUT2D eigenvalue weighted by molar-refractivity contribution is -0.137. The maximum Gasteiger partial charge on any atom is 0.334 e. The topological polar surface area (TPSA) is 64.2 Å². The number of hydrogen-bond acceptors (Lipinski definition) is 5. The van der Waals surface area contributed by atoms with Gasteiger partial charge in [-0.05, 0) is 112 Å². The number of carbonyl (C=O) groups excluding carboxylic acids is 3. The zero-order valence-corrected chi connectivity index (χ0v) is 33.3. The molecule has 8 rings (SSSR count). The number of hydrogen-bond donors (Lipinski definition) is 0. The molecule has 0 N–H and O–H groups in total. The van der Waals surface area contributed by atoms with E-state index < -0.39 is 23.9 Å². The first-order chi connectivity index (χ1) is 26.5. The SMILES string of the molecule is CCCCN1C(=O)C(=C2/C(=C\C=C3/C4=CC=CC5=CC=CC(C54)N3C(C)C)CC/C2=C\C=C2/C3=CC=CC4=CC=CC(C43)N2C(C)C)C(=O)N(C(C)C)C1=O. The van der Waals surface area contributed by atoms with Crippen molar-refractivity contribution in [2.75, 3.05) is 6.54 Å².